The van der Waals surface area contributed by atoms with E-state index in [1.54, 1.807) is 0 Å². The fraction of sp³-hybridized carbons (Fsp3) is 0.308. The summed E-state index contributed by atoms with van der Waals surface area (Å²) < 4.78 is 26.2. The average molecular weight is 322 g/mol. The first-order chi connectivity index (χ1) is 10.4. The van der Waals surface area contributed by atoms with E-state index in [1.807, 2.05) is 0 Å². The van der Waals surface area contributed by atoms with Crippen molar-refractivity contribution >= 4 is 21.5 Å². The molecule has 0 radical (unpaired) electrons. The number of hydrogen-bond donors (Lipinski definition) is 1. The monoisotopic (exact) mass is 322 g/mol. The molecule has 0 atom stereocenters. The van der Waals surface area contributed by atoms with Gasteiger partial charge in [0.05, 0.1) is 10.6 Å². The normalized spacial score (nSPS) is 14.5. The van der Waals surface area contributed by atoms with Gasteiger partial charge in [0.2, 0.25) is 0 Å². The Morgan fingerprint density at radius 2 is 1.91 bits per heavy atom. The summed E-state index contributed by atoms with van der Waals surface area (Å²) in [6.07, 6.45) is 3.19. The molecule has 1 aliphatic carbocycles. The molecule has 1 aliphatic rings. The third kappa shape index (κ3) is 2.13. The lowest BCUT2D eigenvalue weighted by atomic mass is 9.98. The van der Waals surface area contributed by atoms with E-state index in [1.165, 1.54) is 18.2 Å². The Balaban J connectivity index is 2.20. The van der Waals surface area contributed by atoms with Gasteiger partial charge in [-0.2, -0.15) is 13.5 Å². The van der Waals surface area contributed by atoms with Gasteiger partial charge in [0.15, 0.2) is 4.90 Å². The van der Waals surface area contributed by atoms with Crippen LogP contribution in [0.5, 0.6) is 0 Å². The lowest BCUT2D eigenvalue weighted by molar-refractivity contribution is -0.387. The number of nitrogens with two attached hydrogens (primary N) is 1. The van der Waals surface area contributed by atoms with Crippen LogP contribution in [0.25, 0.3) is 0 Å². The fourth-order valence-corrected chi connectivity index (χ4v) is 4.08. The molecule has 116 valence electrons. The maximum absolute atomic E-state index is 12.7. The molecular formula is C13H14N4O4S. The largest absolute Gasteiger partial charge is 0.383 e. The molecule has 22 heavy (non-hydrogen) atoms. The summed E-state index contributed by atoms with van der Waals surface area (Å²) in [6.45, 7) is 0. The summed E-state index contributed by atoms with van der Waals surface area (Å²) in [6, 6.07) is 5.17. The van der Waals surface area contributed by atoms with Crippen molar-refractivity contribution in [3.05, 3.63) is 45.6 Å². The van der Waals surface area contributed by atoms with E-state index < -0.39 is 25.5 Å². The molecule has 3 rings (SSSR count). The number of anilines is 1. The van der Waals surface area contributed by atoms with Crippen LogP contribution in [0.2, 0.25) is 0 Å². The number of nitro benzene ring substituents is 1. The van der Waals surface area contributed by atoms with Crippen LogP contribution in [0.4, 0.5) is 11.5 Å². The molecule has 0 aliphatic heterocycles. The lowest BCUT2D eigenvalue weighted by Crippen LogP contribution is -2.18. The zero-order valence-corrected chi connectivity index (χ0v) is 12.4. The highest BCUT2D eigenvalue weighted by Crippen LogP contribution is 2.31. The number of aromatic nitrogens is 2. The Bertz CT molecular complexity index is 857. The van der Waals surface area contributed by atoms with Gasteiger partial charge in [-0.15, -0.1) is 4.09 Å². The van der Waals surface area contributed by atoms with Crippen molar-refractivity contribution in [3.63, 3.8) is 0 Å². The molecule has 0 unspecified atom stereocenters. The SMILES string of the molecule is Nc1c2c(nn1S(=O)(=O)c1ccccc1[N+](=O)[O-])CCCC2. The van der Waals surface area contributed by atoms with Crippen LogP contribution in [-0.2, 0) is 22.9 Å². The van der Waals surface area contributed by atoms with E-state index in [0.717, 1.165) is 28.6 Å². The van der Waals surface area contributed by atoms with E-state index in [9.17, 15) is 18.5 Å². The molecule has 0 spiro atoms. The highest BCUT2D eigenvalue weighted by atomic mass is 32.2. The lowest BCUT2D eigenvalue weighted by Gasteiger charge is -2.08. The van der Waals surface area contributed by atoms with Gasteiger partial charge < -0.3 is 5.73 Å². The molecule has 1 heterocycles. The van der Waals surface area contributed by atoms with Gasteiger partial charge in [0.25, 0.3) is 15.7 Å². The second-order valence-electron chi connectivity index (χ2n) is 5.09. The first-order valence-corrected chi connectivity index (χ1v) is 8.22. The van der Waals surface area contributed by atoms with Gasteiger partial charge in [-0.25, -0.2) is 0 Å². The molecule has 8 nitrogen and oxygen atoms in total. The number of aryl methyl sites for hydroxylation is 1. The van der Waals surface area contributed by atoms with Gasteiger partial charge in [-0.3, -0.25) is 10.1 Å². The van der Waals surface area contributed by atoms with E-state index in [4.69, 9.17) is 5.73 Å². The maximum atomic E-state index is 12.7. The number of nitrogen functional groups attached to an aromatic ring is 1. The highest BCUT2D eigenvalue weighted by Gasteiger charge is 2.31. The molecule has 0 saturated carbocycles. The minimum absolute atomic E-state index is 0.0489. The van der Waals surface area contributed by atoms with Gasteiger partial charge in [-0.1, -0.05) is 12.1 Å². The summed E-state index contributed by atoms with van der Waals surface area (Å²) in [5.41, 5.74) is 6.82. The summed E-state index contributed by atoms with van der Waals surface area (Å²) in [5, 5.41) is 15.1. The molecule has 2 N–H and O–H groups in total. The Hall–Kier alpha value is -2.42. The molecule has 0 bridgehead atoms. The zero-order chi connectivity index (χ0) is 15.9. The quantitative estimate of drug-likeness (QED) is 0.675. The van der Waals surface area contributed by atoms with Crippen molar-refractivity contribution in [3.8, 4) is 0 Å². The first-order valence-electron chi connectivity index (χ1n) is 6.78. The van der Waals surface area contributed by atoms with Gasteiger partial charge in [0, 0.05) is 11.6 Å². The summed E-state index contributed by atoms with van der Waals surface area (Å²) >= 11 is 0. The smallest absolute Gasteiger partial charge is 0.291 e. The van der Waals surface area contributed by atoms with E-state index >= 15 is 0 Å². The number of benzene rings is 1. The van der Waals surface area contributed by atoms with Crippen molar-refractivity contribution in [1.29, 1.82) is 0 Å². The summed E-state index contributed by atoms with van der Waals surface area (Å²) in [4.78, 5) is 9.92. The number of nitrogens with zero attached hydrogens (tertiary/aromatic N) is 3. The van der Waals surface area contributed by atoms with Crippen LogP contribution in [0.3, 0.4) is 0 Å². The van der Waals surface area contributed by atoms with Gasteiger partial charge >= 0.3 is 0 Å². The molecule has 1 aromatic heterocycles. The summed E-state index contributed by atoms with van der Waals surface area (Å²) in [7, 11) is -4.20. The van der Waals surface area contributed by atoms with Crippen molar-refractivity contribution in [2.75, 3.05) is 5.73 Å². The van der Waals surface area contributed by atoms with Crippen molar-refractivity contribution in [2.45, 2.75) is 30.6 Å². The molecule has 0 saturated heterocycles. The predicted octanol–water partition coefficient (Wildman–Crippen LogP) is 1.49. The minimum Gasteiger partial charge on any atom is -0.383 e. The molecule has 1 aromatic carbocycles. The standard InChI is InChI=1S/C13H14N4O4S/c14-13-9-5-1-2-6-10(9)15-16(13)22(20,21)12-8-4-3-7-11(12)17(18)19/h3-4,7-8H,1-2,5-6,14H2. The second-order valence-corrected chi connectivity index (χ2v) is 6.83. The molecular weight excluding hydrogens is 308 g/mol. The zero-order valence-electron chi connectivity index (χ0n) is 11.6. The molecule has 9 heteroatoms. The topological polar surface area (TPSA) is 121 Å². The number of para-hydroxylation sites is 1. The summed E-state index contributed by atoms with van der Waals surface area (Å²) in [5.74, 6) is 0.0489. The number of hydrogen-bond acceptors (Lipinski definition) is 6. The van der Waals surface area contributed by atoms with Crippen LogP contribution in [0, 0.1) is 10.1 Å². The van der Waals surface area contributed by atoms with Gasteiger partial charge in [0.1, 0.15) is 5.82 Å². The van der Waals surface area contributed by atoms with E-state index in [0.29, 0.717) is 18.5 Å². The van der Waals surface area contributed by atoms with Crippen molar-refractivity contribution < 1.29 is 13.3 Å². The molecule has 2 aromatic rings. The first kappa shape index (κ1) is 14.5. The molecule has 0 fully saturated rings. The minimum atomic E-state index is -4.20. The third-order valence-corrected chi connectivity index (χ3v) is 5.37. The van der Waals surface area contributed by atoms with Crippen LogP contribution < -0.4 is 5.73 Å². The number of rotatable bonds is 3. The van der Waals surface area contributed by atoms with Crippen molar-refractivity contribution in [1.82, 2.24) is 9.19 Å². The van der Waals surface area contributed by atoms with Crippen LogP contribution in [0.1, 0.15) is 24.1 Å². The Labute approximate surface area is 126 Å². The van der Waals surface area contributed by atoms with Crippen LogP contribution >= 0.6 is 0 Å². The fourth-order valence-electron chi connectivity index (χ4n) is 2.66. The second kappa shape index (κ2) is 5.09. The van der Waals surface area contributed by atoms with Crippen LogP contribution in [0.15, 0.2) is 29.2 Å². The average Bonchev–Trinajstić information content (AvgIpc) is 2.85. The Kier molecular flexibility index (Phi) is 3.36. The van der Waals surface area contributed by atoms with Gasteiger partial charge in [-0.05, 0) is 31.7 Å². The maximum Gasteiger partial charge on any atom is 0.291 e. The predicted molar refractivity (Wildman–Crippen MR) is 79.0 cm³/mol. The Morgan fingerprint density at radius 3 is 2.59 bits per heavy atom. The highest BCUT2D eigenvalue weighted by molar-refractivity contribution is 7.90. The van der Waals surface area contributed by atoms with Crippen LogP contribution in [-0.4, -0.2) is 22.5 Å². The molecule has 0 amide bonds. The van der Waals surface area contributed by atoms with E-state index in [2.05, 4.69) is 5.10 Å². The van der Waals surface area contributed by atoms with Crippen molar-refractivity contribution in [2.24, 2.45) is 0 Å². The number of nitro groups is 1. The third-order valence-electron chi connectivity index (χ3n) is 3.73. The van der Waals surface area contributed by atoms with E-state index in [-0.39, 0.29) is 5.82 Å². The Morgan fingerprint density at radius 1 is 1.23 bits per heavy atom. The number of fused-ring (bicyclic) bond motifs is 1.